The second-order valence-corrected chi connectivity index (χ2v) is 5.18. The molecule has 1 N–H and O–H groups in total. The van der Waals surface area contributed by atoms with Gasteiger partial charge in [-0.3, -0.25) is 9.59 Å². The van der Waals surface area contributed by atoms with Crippen molar-refractivity contribution in [2.24, 2.45) is 0 Å². The molecule has 23 heavy (non-hydrogen) atoms. The lowest BCUT2D eigenvalue weighted by Gasteiger charge is -2.11. The fourth-order valence-corrected chi connectivity index (χ4v) is 2.35. The first-order valence-electron chi connectivity index (χ1n) is 7.28. The molecular formula is C20H18O3. The van der Waals surface area contributed by atoms with Gasteiger partial charge in [-0.15, -0.1) is 0 Å². The second kappa shape index (κ2) is 7.36. The van der Waals surface area contributed by atoms with E-state index in [-0.39, 0.29) is 28.5 Å². The van der Waals surface area contributed by atoms with Gasteiger partial charge in [0.1, 0.15) is 5.76 Å². The van der Waals surface area contributed by atoms with Crippen molar-refractivity contribution in [2.75, 3.05) is 0 Å². The van der Waals surface area contributed by atoms with Crippen LogP contribution in [-0.2, 0) is 4.79 Å². The summed E-state index contributed by atoms with van der Waals surface area (Å²) in [6, 6.07) is 17.9. The van der Waals surface area contributed by atoms with E-state index in [4.69, 9.17) is 0 Å². The van der Waals surface area contributed by atoms with Crippen molar-refractivity contribution in [1.29, 1.82) is 0 Å². The lowest BCUT2D eigenvalue weighted by molar-refractivity contribution is -0.113. The lowest BCUT2D eigenvalue weighted by atomic mass is 9.92. The maximum absolute atomic E-state index is 12.8. The number of allylic oxidation sites excluding steroid dienone is 3. The Morgan fingerprint density at radius 2 is 1.39 bits per heavy atom. The number of benzene rings is 2. The number of rotatable bonds is 5. The van der Waals surface area contributed by atoms with Gasteiger partial charge in [-0.05, 0) is 25.5 Å². The number of ketones is 2. The first-order chi connectivity index (χ1) is 11.0. The molecule has 0 aliphatic heterocycles. The fraction of sp³-hybridized carbons (Fsp3) is 0.100. The van der Waals surface area contributed by atoms with Gasteiger partial charge in [-0.25, -0.2) is 0 Å². The van der Waals surface area contributed by atoms with Crippen LogP contribution in [0.15, 0.2) is 77.6 Å². The average Bonchev–Trinajstić information content (AvgIpc) is 2.54. The number of carbonyl (C=O) groups is 2. The van der Waals surface area contributed by atoms with Crippen LogP contribution in [0.4, 0.5) is 0 Å². The van der Waals surface area contributed by atoms with E-state index in [2.05, 4.69) is 0 Å². The normalized spacial score (nSPS) is 12.5. The van der Waals surface area contributed by atoms with Crippen LogP contribution in [0.25, 0.3) is 6.08 Å². The van der Waals surface area contributed by atoms with E-state index in [1.54, 1.807) is 30.3 Å². The van der Waals surface area contributed by atoms with E-state index in [9.17, 15) is 14.7 Å². The summed E-state index contributed by atoms with van der Waals surface area (Å²) in [5.74, 6) is -0.812. The molecule has 3 heteroatoms. The smallest absolute Gasteiger partial charge is 0.193 e. The summed E-state index contributed by atoms with van der Waals surface area (Å²) in [6.45, 7) is 2.75. The highest BCUT2D eigenvalue weighted by molar-refractivity contribution is 6.20. The zero-order valence-electron chi connectivity index (χ0n) is 13.1. The predicted molar refractivity (Wildman–Crippen MR) is 91.2 cm³/mol. The van der Waals surface area contributed by atoms with Gasteiger partial charge in [0, 0.05) is 11.1 Å². The van der Waals surface area contributed by atoms with Crippen LogP contribution < -0.4 is 0 Å². The van der Waals surface area contributed by atoms with Gasteiger partial charge >= 0.3 is 0 Å². The molecule has 0 aromatic heterocycles. The molecule has 2 rings (SSSR count). The number of aliphatic hydroxyl groups excluding tert-OH is 1. The average molecular weight is 306 g/mol. The Balaban J connectivity index is 2.61. The summed E-state index contributed by atoms with van der Waals surface area (Å²) >= 11 is 0. The highest BCUT2D eigenvalue weighted by Gasteiger charge is 2.22. The topological polar surface area (TPSA) is 54.4 Å². The number of hydrogen-bond acceptors (Lipinski definition) is 3. The largest absolute Gasteiger partial charge is 0.512 e. The molecule has 0 bridgehead atoms. The van der Waals surface area contributed by atoms with E-state index in [0.29, 0.717) is 5.56 Å². The van der Waals surface area contributed by atoms with Crippen LogP contribution in [0.2, 0.25) is 0 Å². The molecular weight excluding hydrogens is 288 g/mol. The lowest BCUT2D eigenvalue weighted by Crippen LogP contribution is -2.12. The molecule has 0 heterocycles. The molecule has 0 saturated heterocycles. The van der Waals surface area contributed by atoms with Gasteiger partial charge in [-0.2, -0.15) is 0 Å². The second-order valence-electron chi connectivity index (χ2n) is 5.18. The molecule has 0 atom stereocenters. The summed E-state index contributed by atoms with van der Waals surface area (Å²) in [5, 5.41) is 9.89. The molecule has 116 valence electrons. The molecule has 0 saturated carbocycles. The zero-order chi connectivity index (χ0) is 16.8. The first kappa shape index (κ1) is 16.4. The molecule has 2 aromatic carbocycles. The Morgan fingerprint density at radius 3 is 1.87 bits per heavy atom. The van der Waals surface area contributed by atoms with E-state index >= 15 is 0 Å². The fourth-order valence-electron chi connectivity index (χ4n) is 2.35. The maximum Gasteiger partial charge on any atom is 0.193 e. The molecule has 2 aromatic rings. The van der Waals surface area contributed by atoms with Gasteiger partial charge in [0.2, 0.25) is 0 Å². The molecule has 0 aliphatic rings. The van der Waals surface area contributed by atoms with Crippen molar-refractivity contribution < 1.29 is 14.7 Å². The minimum absolute atomic E-state index is 0.0442. The van der Waals surface area contributed by atoms with Gasteiger partial charge in [-0.1, -0.05) is 60.7 Å². The minimum Gasteiger partial charge on any atom is -0.512 e. The standard InChI is InChI=1S/C20H18O3/c1-14(21)19(15(2)22)18(13-16-9-5-3-6-10-16)20(23)17-11-7-4-8-12-17/h3-13,21H,1-2H3/b18-13+,19-14+. The summed E-state index contributed by atoms with van der Waals surface area (Å²) in [7, 11) is 0. The van der Waals surface area contributed by atoms with Crippen molar-refractivity contribution >= 4 is 17.6 Å². The molecule has 0 amide bonds. The van der Waals surface area contributed by atoms with Gasteiger partial charge in [0.25, 0.3) is 0 Å². The Bertz CT molecular complexity index is 765. The number of Topliss-reactive ketones (excluding diaryl/α,β-unsaturated/α-hetero) is 2. The Kier molecular flexibility index (Phi) is 5.26. The molecule has 0 unspecified atom stereocenters. The molecule has 3 nitrogen and oxygen atoms in total. The highest BCUT2D eigenvalue weighted by atomic mass is 16.3. The van der Waals surface area contributed by atoms with Crippen molar-refractivity contribution in [3.63, 3.8) is 0 Å². The van der Waals surface area contributed by atoms with Crippen LogP contribution in [0, 0.1) is 0 Å². The van der Waals surface area contributed by atoms with Gasteiger partial charge in [0.15, 0.2) is 11.6 Å². The van der Waals surface area contributed by atoms with Gasteiger partial charge < -0.3 is 5.11 Å². The maximum atomic E-state index is 12.8. The van der Waals surface area contributed by atoms with Gasteiger partial charge in [0.05, 0.1) is 5.57 Å². The monoisotopic (exact) mass is 306 g/mol. The van der Waals surface area contributed by atoms with Crippen molar-refractivity contribution in [3.8, 4) is 0 Å². The van der Waals surface area contributed by atoms with Crippen LogP contribution in [-0.4, -0.2) is 16.7 Å². The molecule has 0 aliphatic carbocycles. The third-order valence-corrected chi connectivity index (χ3v) is 3.37. The van der Waals surface area contributed by atoms with E-state index in [1.165, 1.54) is 13.8 Å². The van der Waals surface area contributed by atoms with Crippen molar-refractivity contribution in [3.05, 3.63) is 88.7 Å². The Morgan fingerprint density at radius 1 is 0.870 bits per heavy atom. The predicted octanol–water partition coefficient (Wildman–Crippen LogP) is 4.37. The summed E-state index contributed by atoms with van der Waals surface area (Å²) < 4.78 is 0. The summed E-state index contributed by atoms with van der Waals surface area (Å²) in [6.07, 6.45) is 1.63. The number of aliphatic hydroxyl groups is 1. The highest BCUT2D eigenvalue weighted by Crippen LogP contribution is 2.23. The van der Waals surface area contributed by atoms with Crippen LogP contribution in [0.3, 0.4) is 0 Å². The Labute approximate surface area is 135 Å². The van der Waals surface area contributed by atoms with Crippen molar-refractivity contribution in [2.45, 2.75) is 13.8 Å². The quantitative estimate of drug-likeness (QED) is 0.386. The van der Waals surface area contributed by atoms with Crippen LogP contribution in [0.5, 0.6) is 0 Å². The molecule has 0 spiro atoms. The van der Waals surface area contributed by atoms with E-state index in [1.807, 2.05) is 36.4 Å². The first-order valence-corrected chi connectivity index (χ1v) is 7.28. The van der Waals surface area contributed by atoms with E-state index < -0.39 is 0 Å². The third kappa shape index (κ3) is 4.04. The molecule has 0 radical (unpaired) electrons. The van der Waals surface area contributed by atoms with E-state index in [0.717, 1.165) is 5.56 Å². The SMILES string of the molecule is CC(=O)C(=C(/C)O)/C(=C\c1ccccc1)C(=O)c1ccccc1. The summed E-state index contributed by atoms with van der Waals surface area (Å²) in [5.41, 5.74) is 1.49. The number of carbonyl (C=O) groups excluding carboxylic acids is 2. The van der Waals surface area contributed by atoms with Crippen LogP contribution >= 0.6 is 0 Å². The van der Waals surface area contributed by atoms with Crippen LogP contribution in [0.1, 0.15) is 29.8 Å². The van der Waals surface area contributed by atoms with Crippen molar-refractivity contribution in [1.82, 2.24) is 0 Å². The third-order valence-electron chi connectivity index (χ3n) is 3.37. The number of hydrogen-bond donors (Lipinski definition) is 1. The zero-order valence-corrected chi connectivity index (χ0v) is 13.1. The summed E-state index contributed by atoms with van der Waals surface area (Å²) in [4.78, 5) is 24.8. The molecule has 0 fully saturated rings. The minimum atomic E-state index is -0.350. The Hall–Kier alpha value is -2.94.